The molecule has 16 heavy (non-hydrogen) atoms. The molecule has 1 atom stereocenters. The van der Waals surface area contributed by atoms with Crippen molar-refractivity contribution < 1.29 is 4.74 Å². The summed E-state index contributed by atoms with van der Waals surface area (Å²) in [6, 6.07) is 5.89. The first kappa shape index (κ1) is 12.2. The van der Waals surface area contributed by atoms with Crippen LogP contribution in [0.3, 0.4) is 0 Å². The average molecular weight is 305 g/mol. The molecule has 1 fully saturated rings. The van der Waals surface area contributed by atoms with Gasteiger partial charge < -0.3 is 10.1 Å². The van der Waals surface area contributed by atoms with Crippen LogP contribution in [0.15, 0.2) is 22.7 Å². The third-order valence-corrected chi connectivity index (χ3v) is 3.57. The Bertz CT molecular complexity index is 353. The van der Waals surface area contributed by atoms with E-state index in [1.807, 2.05) is 18.2 Å². The second kappa shape index (κ2) is 5.89. The van der Waals surface area contributed by atoms with E-state index in [-0.39, 0.29) is 0 Å². The third-order valence-electron chi connectivity index (χ3n) is 2.77. The summed E-state index contributed by atoms with van der Waals surface area (Å²) in [5.41, 5.74) is 0.996. The van der Waals surface area contributed by atoms with Gasteiger partial charge in [0, 0.05) is 17.6 Å². The Morgan fingerprint density at radius 1 is 1.50 bits per heavy atom. The van der Waals surface area contributed by atoms with Gasteiger partial charge in [0.05, 0.1) is 17.3 Å². The van der Waals surface area contributed by atoms with Crippen LogP contribution in [0.5, 0.6) is 0 Å². The zero-order valence-electron chi connectivity index (χ0n) is 9.01. The number of halogens is 2. The SMILES string of the molecule is Clc1cc(Br)ccc1NCC1CCCOC1. The number of benzene rings is 1. The van der Waals surface area contributed by atoms with E-state index < -0.39 is 0 Å². The van der Waals surface area contributed by atoms with E-state index in [9.17, 15) is 0 Å². The number of hydrogen-bond acceptors (Lipinski definition) is 2. The Hall–Kier alpha value is -0.250. The second-order valence-corrected chi connectivity index (χ2v) is 5.41. The molecule has 1 aliphatic heterocycles. The third kappa shape index (κ3) is 3.37. The Morgan fingerprint density at radius 2 is 2.38 bits per heavy atom. The first-order valence-electron chi connectivity index (χ1n) is 5.52. The molecule has 1 saturated heterocycles. The average Bonchev–Trinajstić information content (AvgIpc) is 2.29. The standard InChI is InChI=1S/C12H15BrClNO/c13-10-3-4-12(11(14)6-10)15-7-9-2-1-5-16-8-9/h3-4,6,9,15H,1-2,5,7-8H2. The Labute approximate surface area is 109 Å². The van der Waals surface area contributed by atoms with Gasteiger partial charge in [-0.3, -0.25) is 0 Å². The van der Waals surface area contributed by atoms with Gasteiger partial charge >= 0.3 is 0 Å². The van der Waals surface area contributed by atoms with Crippen molar-refractivity contribution in [2.45, 2.75) is 12.8 Å². The Morgan fingerprint density at radius 3 is 3.06 bits per heavy atom. The minimum atomic E-state index is 0.605. The molecule has 0 aromatic heterocycles. The quantitative estimate of drug-likeness (QED) is 0.913. The number of anilines is 1. The van der Waals surface area contributed by atoms with Crippen molar-refractivity contribution in [1.82, 2.24) is 0 Å². The van der Waals surface area contributed by atoms with Crippen LogP contribution >= 0.6 is 27.5 Å². The van der Waals surface area contributed by atoms with E-state index >= 15 is 0 Å². The van der Waals surface area contributed by atoms with Crippen molar-refractivity contribution >= 4 is 33.2 Å². The summed E-state index contributed by atoms with van der Waals surface area (Å²) >= 11 is 9.52. The maximum Gasteiger partial charge on any atom is 0.0648 e. The van der Waals surface area contributed by atoms with Crippen LogP contribution in [0.1, 0.15) is 12.8 Å². The van der Waals surface area contributed by atoms with Gasteiger partial charge in [-0.2, -0.15) is 0 Å². The van der Waals surface area contributed by atoms with Crippen molar-refractivity contribution in [1.29, 1.82) is 0 Å². The fourth-order valence-electron chi connectivity index (χ4n) is 1.86. The molecule has 2 nitrogen and oxygen atoms in total. The highest BCUT2D eigenvalue weighted by atomic mass is 79.9. The fraction of sp³-hybridized carbons (Fsp3) is 0.500. The van der Waals surface area contributed by atoms with Crippen LogP contribution in [0.2, 0.25) is 5.02 Å². The van der Waals surface area contributed by atoms with E-state index in [2.05, 4.69) is 21.2 Å². The van der Waals surface area contributed by atoms with Crippen LogP contribution in [0.4, 0.5) is 5.69 Å². The molecular weight excluding hydrogens is 289 g/mol. The van der Waals surface area contributed by atoms with Gasteiger partial charge in [-0.15, -0.1) is 0 Å². The van der Waals surface area contributed by atoms with Gasteiger partial charge in [-0.05, 0) is 37.0 Å². The normalized spacial score (nSPS) is 20.8. The molecule has 0 radical (unpaired) electrons. The zero-order chi connectivity index (χ0) is 11.4. The molecule has 4 heteroatoms. The molecule has 1 aromatic rings. The highest BCUT2D eigenvalue weighted by Gasteiger charge is 2.13. The molecule has 0 spiro atoms. The molecule has 2 rings (SSSR count). The molecule has 0 bridgehead atoms. The van der Waals surface area contributed by atoms with Gasteiger partial charge in [0.25, 0.3) is 0 Å². The number of ether oxygens (including phenoxy) is 1. The van der Waals surface area contributed by atoms with Gasteiger partial charge in [0.15, 0.2) is 0 Å². The van der Waals surface area contributed by atoms with Gasteiger partial charge in [0.1, 0.15) is 0 Å². The Balaban J connectivity index is 1.88. The largest absolute Gasteiger partial charge is 0.383 e. The maximum atomic E-state index is 6.12. The smallest absolute Gasteiger partial charge is 0.0648 e. The highest BCUT2D eigenvalue weighted by Crippen LogP contribution is 2.26. The van der Waals surface area contributed by atoms with Crippen LogP contribution in [0, 0.1) is 5.92 Å². The number of rotatable bonds is 3. The second-order valence-electron chi connectivity index (χ2n) is 4.09. The first-order valence-corrected chi connectivity index (χ1v) is 6.69. The van der Waals surface area contributed by atoms with Crippen molar-refractivity contribution in [3.05, 3.63) is 27.7 Å². The molecule has 1 heterocycles. The predicted octanol–water partition coefficient (Wildman–Crippen LogP) is 3.94. The van der Waals surface area contributed by atoms with E-state index in [0.29, 0.717) is 5.92 Å². The summed E-state index contributed by atoms with van der Waals surface area (Å²) in [5, 5.41) is 4.13. The number of hydrogen-bond donors (Lipinski definition) is 1. The van der Waals surface area contributed by atoms with Crippen LogP contribution < -0.4 is 5.32 Å². The van der Waals surface area contributed by atoms with Crippen molar-refractivity contribution in [3.63, 3.8) is 0 Å². The summed E-state index contributed by atoms with van der Waals surface area (Å²) in [7, 11) is 0. The Kier molecular flexibility index (Phi) is 4.50. The lowest BCUT2D eigenvalue weighted by Crippen LogP contribution is -2.24. The minimum absolute atomic E-state index is 0.605. The lowest BCUT2D eigenvalue weighted by atomic mass is 10.0. The van der Waals surface area contributed by atoms with Crippen molar-refractivity contribution in [2.75, 3.05) is 25.1 Å². The summed E-state index contributed by atoms with van der Waals surface area (Å²) < 4.78 is 6.44. The van der Waals surface area contributed by atoms with E-state index in [4.69, 9.17) is 16.3 Å². The summed E-state index contributed by atoms with van der Waals surface area (Å²) in [4.78, 5) is 0. The molecule has 1 N–H and O–H groups in total. The molecule has 1 unspecified atom stereocenters. The van der Waals surface area contributed by atoms with Crippen LogP contribution in [0.25, 0.3) is 0 Å². The lowest BCUT2D eigenvalue weighted by molar-refractivity contribution is 0.0595. The minimum Gasteiger partial charge on any atom is -0.383 e. The van der Waals surface area contributed by atoms with Crippen molar-refractivity contribution in [2.24, 2.45) is 5.92 Å². The summed E-state index contributed by atoms with van der Waals surface area (Å²) in [5.74, 6) is 0.605. The van der Waals surface area contributed by atoms with E-state index in [1.54, 1.807) is 0 Å². The van der Waals surface area contributed by atoms with E-state index in [0.717, 1.165) is 34.9 Å². The zero-order valence-corrected chi connectivity index (χ0v) is 11.4. The van der Waals surface area contributed by atoms with Gasteiger partial charge in [-0.1, -0.05) is 27.5 Å². The molecule has 0 amide bonds. The molecule has 0 aliphatic carbocycles. The fourth-order valence-corrected chi connectivity index (χ4v) is 2.60. The number of nitrogens with one attached hydrogen (secondary N) is 1. The first-order chi connectivity index (χ1) is 7.75. The molecule has 1 aliphatic rings. The van der Waals surface area contributed by atoms with Crippen LogP contribution in [-0.2, 0) is 4.74 Å². The highest BCUT2D eigenvalue weighted by molar-refractivity contribution is 9.10. The topological polar surface area (TPSA) is 21.3 Å². The van der Waals surface area contributed by atoms with Gasteiger partial charge in [0.2, 0.25) is 0 Å². The summed E-state index contributed by atoms with van der Waals surface area (Å²) in [6.07, 6.45) is 2.40. The molecule has 0 saturated carbocycles. The summed E-state index contributed by atoms with van der Waals surface area (Å²) in [6.45, 7) is 2.71. The molecule has 1 aromatic carbocycles. The molecule has 88 valence electrons. The van der Waals surface area contributed by atoms with Crippen LogP contribution in [-0.4, -0.2) is 19.8 Å². The lowest BCUT2D eigenvalue weighted by Gasteiger charge is -2.23. The maximum absolute atomic E-state index is 6.12. The van der Waals surface area contributed by atoms with Crippen molar-refractivity contribution in [3.8, 4) is 0 Å². The van der Waals surface area contributed by atoms with Gasteiger partial charge in [-0.25, -0.2) is 0 Å². The molecular formula is C12H15BrClNO. The predicted molar refractivity (Wildman–Crippen MR) is 71.2 cm³/mol. The monoisotopic (exact) mass is 303 g/mol. The van der Waals surface area contributed by atoms with E-state index in [1.165, 1.54) is 12.8 Å².